The van der Waals surface area contributed by atoms with E-state index in [1.54, 1.807) is 30.3 Å². The molecule has 0 amide bonds. The average molecular weight is 389 g/mol. The Balaban J connectivity index is 1.96. The molecule has 3 rings (SSSR count). The minimum atomic E-state index is -1.06. The van der Waals surface area contributed by atoms with E-state index in [9.17, 15) is 4.79 Å². The molecule has 26 heavy (non-hydrogen) atoms. The van der Waals surface area contributed by atoms with Crippen molar-refractivity contribution >= 4 is 36.0 Å². The topological polar surface area (TPSA) is 92.5 Å². The van der Waals surface area contributed by atoms with Gasteiger partial charge in [-0.2, -0.15) is 14.9 Å². The molecule has 0 bridgehead atoms. The zero-order valence-electron chi connectivity index (χ0n) is 13.3. The van der Waals surface area contributed by atoms with Crippen LogP contribution in [0.3, 0.4) is 0 Å². The van der Waals surface area contributed by atoms with Gasteiger partial charge in [0.2, 0.25) is 4.77 Å². The number of halogens is 1. The second-order valence-electron chi connectivity index (χ2n) is 5.11. The van der Waals surface area contributed by atoms with Gasteiger partial charge in [0.05, 0.1) is 11.2 Å². The predicted octanol–water partition coefficient (Wildman–Crippen LogP) is 3.61. The first kappa shape index (κ1) is 17.8. The normalized spacial score (nSPS) is 11.0. The number of aromatic amines is 1. The number of aromatic nitrogens is 3. The molecule has 0 unspecified atom stereocenters. The van der Waals surface area contributed by atoms with Gasteiger partial charge < -0.3 is 9.84 Å². The van der Waals surface area contributed by atoms with E-state index < -0.39 is 12.6 Å². The molecule has 2 aromatic carbocycles. The summed E-state index contributed by atoms with van der Waals surface area (Å²) < 4.78 is 6.99. The molecule has 1 heterocycles. The fourth-order valence-electron chi connectivity index (χ4n) is 2.19. The van der Waals surface area contributed by atoms with Crippen LogP contribution in [-0.2, 0) is 4.79 Å². The highest BCUT2D eigenvalue weighted by Gasteiger charge is 2.11. The molecule has 0 fully saturated rings. The maximum Gasteiger partial charge on any atom is 0.341 e. The van der Waals surface area contributed by atoms with Gasteiger partial charge in [0.25, 0.3) is 0 Å². The molecule has 2 N–H and O–H groups in total. The molecule has 0 saturated heterocycles. The Bertz CT molecular complexity index is 1030. The Hall–Kier alpha value is -2.97. The summed E-state index contributed by atoms with van der Waals surface area (Å²) in [6, 6.07) is 14.2. The van der Waals surface area contributed by atoms with Crippen LogP contribution in [0.25, 0.3) is 11.4 Å². The minimum absolute atomic E-state index is 0.292. The van der Waals surface area contributed by atoms with Crippen molar-refractivity contribution in [1.82, 2.24) is 14.9 Å². The van der Waals surface area contributed by atoms with Crippen LogP contribution in [0.2, 0.25) is 5.02 Å². The largest absolute Gasteiger partial charge is 0.481 e. The molecule has 132 valence electrons. The van der Waals surface area contributed by atoms with Crippen LogP contribution in [0.15, 0.2) is 53.6 Å². The van der Waals surface area contributed by atoms with Gasteiger partial charge in [-0.25, -0.2) is 9.89 Å². The van der Waals surface area contributed by atoms with E-state index in [1.807, 2.05) is 18.2 Å². The molecule has 0 aliphatic heterocycles. The lowest BCUT2D eigenvalue weighted by atomic mass is 10.2. The van der Waals surface area contributed by atoms with Gasteiger partial charge >= 0.3 is 5.97 Å². The van der Waals surface area contributed by atoms with Crippen molar-refractivity contribution in [3.8, 4) is 17.1 Å². The summed E-state index contributed by atoms with van der Waals surface area (Å²) in [6.45, 7) is -0.444. The monoisotopic (exact) mass is 388 g/mol. The highest BCUT2D eigenvalue weighted by atomic mass is 35.5. The number of aliphatic carboxylic acids is 1. The van der Waals surface area contributed by atoms with Crippen molar-refractivity contribution in [2.75, 3.05) is 6.61 Å². The number of ether oxygens (including phenoxy) is 1. The highest BCUT2D eigenvalue weighted by Crippen LogP contribution is 2.26. The first-order valence-electron chi connectivity index (χ1n) is 7.46. The summed E-state index contributed by atoms with van der Waals surface area (Å²) >= 11 is 11.5. The Morgan fingerprint density at radius 1 is 1.31 bits per heavy atom. The SMILES string of the molecule is O=C(O)COc1ccccc1C=Nn1c(-c2ccccc2Cl)n[nH]c1=S. The van der Waals surface area contributed by atoms with Crippen molar-refractivity contribution in [2.45, 2.75) is 0 Å². The fraction of sp³-hybridized carbons (Fsp3) is 0.0588. The summed E-state index contributed by atoms with van der Waals surface area (Å²) in [6.07, 6.45) is 1.52. The van der Waals surface area contributed by atoms with Crippen LogP contribution in [0, 0.1) is 4.77 Å². The maximum absolute atomic E-state index is 10.7. The molecule has 0 aliphatic carbocycles. The van der Waals surface area contributed by atoms with Crippen LogP contribution >= 0.6 is 23.8 Å². The smallest absolute Gasteiger partial charge is 0.341 e. The second kappa shape index (κ2) is 7.94. The first-order valence-corrected chi connectivity index (χ1v) is 8.25. The molecule has 0 radical (unpaired) electrons. The van der Waals surface area contributed by atoms with Gasteiger partial charge in [-0.15, -0.1) is 0 Å². The Morgan fingerprint density at radius 2 is 2.04 bits per heavy atom. The van der Waals surface area contributed by atoms with Gasteiger partial charge in [-0.1, -0.05) is 35.9 Å². The van der Waals surface area contributed by atoms with Crippen molar-refractivity contribution in [3.63, 3.8) is 0 Å². The van der Waals surface area contributed by atoms with Crippen molar-refractivity contribution < 1.29 is 14.6 Å². The number of rotatable bonds is 6. The third-order valence-corrected chi connectivity index (χ3v) is 3.94. The van der Waals surface area contributed by atoms with Gasteiger partial charge in [0.1, 0.15) is 5.75 Å². The van der Waals surface area contributed by atoms with Crippen LogP contribution in [0.1, 0.15) is 5.56 Å². The first-order chi connectivity index (χ1) is 12.6. The van der Waals surface area contributed by atoms with E-state index >= 15 is 0 Å². The number of carboxylic acid groups (broad SMARTS) is 1. The standard InChI is InChI=1S/C17H13ClN4O3S/c18-13-7-3-2-6-12(13)16-20-21-17(26)22(16)19-9-11-5-1-4-8-14(11)25-10-15(23)24/h1-9H,10H2,(H,21,26)(H,23,24). The lowest BCUT2D eigenvalue weighted by molar-refractivity contribution is -0.139. The lowest BCUT2D eigenvalue weighted by Gasteiger charge is -2.06. The molecular formula is C17H13ClN4O3S. The summed E-state index contributed by atoms with van der Waals surface area (Å²) in [7, 11) is 0. The third kappa shape index (κ3) is 3.98. The van der Waals surface area contributed by atoms with E-state index in [0.29, 0.717) is 32.5 Å². The van der Waals surface area contributed by atoms with Crippen molar-refractivity contribution in [1.29, 1.82) is 0 Å². The number of benzene rings is 2. The lowest BCUT2D eigenvalue weighted by Crippen LogP contribution is -2.10. The number of nitrogens with one attached hydrogen (secondary N) is 1. The van der Waals surface area contributed by atoms with Crippen molar-refractivity contribution in [3.05, 3.63) is 63.9 Å². The van der Waals surface area contributed by atoms with Crippen LogP contribution in [0.5, 0.6) is 5.75 Å². The zero-order chi connectivity index (χ0) is 18.5. The van der Waals surface area contributed by atoms with E-state index in [2.05, 4.69) is 15.3 Å². The van der Waals surface area contributed by atoms with Crippen LogP contribution in [0.4, 0.5) is 0 Å². The Kier molecular flexibility index (Phi) is 5.45. The van der Waals surface area contributed by atoms with Gasteiger partial charge in [0.15, 0.2) is 12.4 Å². The predicted molar refractivity (Wildman–Crippen MR) is 100 cm³/mol. The molecule has 0 atom stereocenters. The van der Waals surface area contributed by atoms with Crippen LogP contribution in [-0.4, -0.2) is 38.8 Å². The highest BCUT2D eigenvalue weighted by molar-refractivity contribution is 7.71. The number of carboxylic acids is 1. The summed E-state index contributed by atoms with van der Waals surface area (Å²) in [5.74, 6) is -0.205. The second-order valence-corrected chi connectivity index (χ2v) is 5.90. The molecule has 0 aliphatic rings. The van der Waals surface area contributed by atoms with E-state index in [1.165, 1.54) is 10.9 Å². The minimum Gasteiger partial charge on any atom is -0.481 e. The third-order valence-electron chi connectivity index (χ3n) is 3.35. The molecule has 3 aromatic rings. The summed E-state index contributed by atoms with van der Waals surface area (Å²) in [5.41, 5.74) is 1.27. The molecule has 0 saturated carbocycles. The molecule has 0 spiro atoms. The molecule has 1 aromatic heterocycles. The van der Waals surface area contributed by atoms with E-state index in [-0.39, 0.29) is 0 Å². The van der Waals surface area contributed by atoms with Crippen LogP contribution < -0.4 is 4.74 Å². The fourth-order valence-corrected chi connectivity index (χ4v) is 2.59. The van der Waals surface area contributed by atoms with E-state index in [4.69, 9.17) is 33.7 Å². The number of carbonyl (C=O) groups is 1. The molecular weight excluding hydrogens is 376 g/mol. The molecule has 9 heteroatoms. The number of hydrogen-bond donors (Lipinski definition) is 2. The summed E-state index contributed by atoms with van der Waals surface area (Å²) in [5, 5.41) is 20.5. The zero-order valence-corrected chi connectivity index (χ0v) is 14.9. The quantitative estimate of drug-likeness (QED) is 0.497. The number of para-hydroxylation sites is 1. The molecule has 7 nitrogen and oxygen atoms in total. The maximum atomic E-state index is 10.7. The summed E-state index contributed by atoms with van der Waals surface area (Å²) in [4.78, 5) is 10.7. The number of H-pyrrole nitrogens is 1. The van der Waals surface area contributed by atoms with Crippen molar-refractivity contribution in [2.24, 2.45) is 5.10 Å². The van der Waals surface area contributed by atoms with E-state index in [0.717, 1.165) is 0 Å². The van der Waals surface area contributed by atoms with Gasteiger partial charge in [0, 0.05) is 11.1 Å². The van der Waals surface area contributed by atoms with Gasteiger partial charge in [-0.05, 0) is 36.5 Å². The Morgan fingerprint density at radius 3 is 2.81 bits per heavy atom. The number of hydrogen-bond acceptors (Lipinski definition) is 5. The number of nitrogens with zero attached hydrogens (tertiary/aromatic N) is 3. The average Bonchev–Trinajstić information content (AvgIpc) is 2.99. The van der Waals surface area contributed by atoms with Gasteiger partial charge in [-0.3, -0.25) is 0 Å². The Labute approximate surface area is 158 Å².